The molecule has 0 atom stereocenters. The molecule has 1 aromatic rings. The van der Waals surface area contributed by atoms with Crippen molar-refractivity contribution < 1.29 is 4.74 Å². The van der Waals surface area contributed by atoms with Gasteiger partial charge in [0.15, 0.2) is 0 Å². The summed E-state index contributed by atoms with van der Waals surface area (Å²) in [7, 11) is 0. The van der Waals surface area contributed by atoms with Gasteiger partial charge in [0.05, 0.1) is 18.0 Å². The molecule has 3 N–H and O–H groups in total. The zero-order valence-electron chi connectivity index (χ0n) is 10.5. The number of para-hydroxylation sites is 1. The Morgan fingerprint density at radius 3 is 2.82 bits per heavy atom. The first kappa shape index (κ1) is 12.1. The molecule has 3 nitrogen and oxygen atoms in total. The number of rotatable bonds is 5. The van der Waals surface area contributed by atoms with Gasteiger partial charge in [0, 0.05) is 6.54 Å². The molecule has 2 rings (SSSR count). The topological polar surface area (TPSA) is 47.3 Å². The number of ether oxygens (including phenoxy) is 1. The molecule has 1 fully saturated rings. The van der Waals surface area contributed by atoms with Crippen molar-refractivity contribution in [2.45, 2.75) is 32.6 Å². The van der Waals surface area contributed by atoms with Crippen LogP contribution in [-0.4, -0.2) is 13.2 Å². The summed E-state index contributed by atoms with van der Waals surface area (Å²) in [5, 5.41) is 3.45. The fourth-order valence-electron chi connectivity index (χ4n) is 2.45. The van der Waals surface area contributed by atoms with Crippen LogP contribution in [0.5, 0.6) is 5.75 Å². The van der Waals surface area contributed by atoms with Crippen LogP contribution < -0.4 is 15.8 Å². The molecule has 1 aliphatic rings. The highest BCUT2D eigenvalue weighted by molar-refractivity contribution is 5.72. The van der Waals surface area contributed by atoms with E-state index in [1.54, 1.807) is 0 Å². The van der Waals surface area contributed by atoms with Gasteiger partial charge in [-0.25, -0.2) is 0 Å². The Bertz CT molecular complexity index is 359. The van der Waals surface area contributed by atoms with Crippen molar-refractivity contribution >= 4 is 11.4 Å². The van der Waals surface area contributed by atoms with Crippen LogP contribution in [0.1, 0.15) is 32.6 Å². The van der Waals surface area contributed by atoms with E-state index in [9.17, 15) is 0 Å². The summed E-state index contributed by atoms with van der Waals surface area (Å²) in [6.45, 7) is 3.65. The van der Waals surface area contributed by atoms with Crippen LogP contribution in [0.3, 0.4) is 0 Å². The number of nitrogens with two attached hydrogens (primary N) is 1. The third-order valence-corrected chi connectivity index (χ3v) is 3.42. The van der Waals surface area contributed by atoms with Crippen LogP contribution in [0.2, 0.25) is 0 Å². The smallest absolute Gasteiger partial charge is 0.144 e. The molecule has 1 saturated carbocycles. The van der Waals surface area contributed by atoms with Gasteiger partial charge in [0.1, 0.15) is 5.75 Å². The minimum atomic E-state index is 0.649. The average molecular weight is 234 g/mol. The molecule has 17 heavy (non-hydrogen) atoms. The Morgan fingerprint density at radius 1 is 1.35 bits per heavy atom. The SMILES string of the molecule is CCOc1cccc(NCC2CCCC2)c1N. The molecule has 3 heteroatoms. The van der Waals surface area contributed by atoms with Gasteiger partial charge in [-0.3, -0.25) is 0 Å². The number of nitrogens with one attached hydrogen (secondary N) is 1. The van der Waals surface area contributed by atoms with Crippen LogP contribution in [0.15, 0.2) is 18.2 Å². The summed E-state index contributed by atoms with van der Waals surface area (Å²) in [5.74, 6) is 1.59. The van der Waals surface area contributed by atoms with Crippen LogP contribution in [0.25, 0.3) is 0 Å². The lowest BCUT2D eigenvalue weighted by Crippen LogP contribution is -2.12. The molecule has 0 radical (unpaired) electrons. The summed E-state index contributed by atoms with van der Waals surface area (Å²) in [6, 6.07) is 5.92. The van der Waals surface area contributed by atoms with Gasteiger partial charge in [-0.15, -0.1) is 0 Å². The number of benzene rings is 1. The number of hydrogen-bond donors (Lipinski definition) is 2. The van der Waals surface area contributed by atoms with Crippen molar-refractivity contribution in [3.8, 4) is 5.75 Å². The molecule has 0 amide bonds. The molecule has 0 heterocycles. The molecule has 0 bridgehead atoms. The Labute approximate surface area is 103 Å². The quantitative estimate of drug-likeness (QED) is 0.769. The second-order valence-corrected chi connectivity index (χ2v) is 4.68. The maximum absolute atomic E-state index is 6.07. The van der Waals surface area contributed by atoms with Crippen molar-refractivity contribution in [2.75, 3.05) is 24.2 Å². The molecule has 1 aromatic carbocycles. The first-order chi connectivity index (χ1) is 8.31. The first-order valence-electron chi connectivity index (χ1n) is 6.56. The summed E-state index contributed by atoms with van der Waals surface area (Å²) >= 11 is 0. The van der Waals surface area contributed by atoms with Crippen LogP contribution in [-0.2, 0) is 0 Å². The van der Waals surface area contributed by atoms with Crippen molar-refractivity contribution in [2.24, 2.45) is 5.92 Å². The van der Waals surface area contributed by atoms with Gasteiger partial charge in [0.2, 0.25) is 0 Å². The van der Waals surface area contributed by atoms with Gasteiger partial charge < -0.3 is 15.8 Å². The molecular weight excluding hydrogens is 212 g/mol. The van der Waals surface area contributed by atoms with E-state index in [1.807, 2.05) is 25.1 Å². The van der Waals surface area contributed by atoms with E-state index in [2.05, 4.69) is 5.32 Å². The molecule has 0 unspecified atom stereocenters. The van der Waals surface area contributed by atoms with E-state index >= 15 is 0 Å². The highest BCUT2D eigenvalue weighted by Crippen LogP contribution is 2.31. The van der Waals surface area contributed by atoms with Crippen molar-refractivity contribution in [3.63, 3.8) is 0 Å². The fourth-order valence-corrected chi connectivity index (χ4v) is 2.45. The van der Waals surface area contributed by atoms with Crippen LogP contribution >= 0.6 is 0 Å². The Balaban J connectivity index is 1.97. The second kappa shape index (κ2) is 5.80. The normalized spacial score (nSPS) is 16.1. The van der Waals surface area contributed by atoms with Crippen molar-refractivity contribution in [1.29, 1.82) is 0 Å². The molecule has 0 saturated heterocycles. The third kappa shape index (κ3) is 3.05. The zero-order chi connectivity index (χ0) is 12.1. The largest absolute Gasteiger partial charge is 0.492 e. The summed E-state index contributed by atoms with van der Waals surface area (Å²) < 4.78 is 5.48. The predicted octanol–water partition coefficient (Wildman–Crippen LogP) is 3.27. The van der Waals surface area contributed by atoms with Gasteiger partial charge in [-0.2, -0.15) is 0 Å². The van der Waals surface area contributed by atoms with Gasteiger partial charge in [-0.05, 0) is 37.8 Å². The highest BCUT2D eigenvalue weighted by atomic mass is 16.5. The fraction of sp³-hybridized carbons (Fsp3) is 0.571. The molecular formula is C14H22N2O. The maximum atomic E-state index is 6.07. The minimum absolute atomic E-state index is 0.649. The van der Waals surface area contributed by atoms with Gasteiger partial charge >= 0.3 is 0 Å². The lowest BCUT2D eigenvalue weighted by atomic mass is 10.1. The van der Waals surface area contributed by atoms with E-state index in [-0.39, 0.29) is 0 Å². The minimum Gasteiger partial charge on any atom is -0.492 e. The lowest BCUT2D eigenvalue weighted by Gasteiger charge is -2.15. The average Bonchev–Trinajstić information content (AvgIpc) is 2.83. The van der Waals surface area contributed by atoms with Gasteiger partial charge in [-0.1, -0.05) is 18.9 Å². The Morgan fingerprint density at radius 2 is 2.12 bits per heavy atom. The molecule has 0 aliphatic heterocycles. The third-order valence-electron chi connectivity index (χ3n) is 3.42. The van der Waals surface area contributed by atoms with Crippen LogP contribution in [0, 0.1) is 5.92 Å². The Hall–Kier alpha value is -1.38. The number of hydrogen-bond acceptors (Lipinski definition) is 3. The molecule has 94 valence electrons. The summed E-state index contributed by atoms with van der Waals surface area (Å²) in [5.41, 5.74) is 7.80. The van der Waals surface area contributed by atoms with Gasteiger partial charge in [0.25, 0.3) is 0 Å². The van der Waals surface area contributed by atoms with Crippen molar-refractivity contribution in [1.82, 2.24) is 0 Å². The van der Waals surface area contributed by atoms with E-state index in [1.165, 1.54) is 25.7 Å². The first-order valence-corrected chi connectivity index (χ1v) is 6.56. The number of nitrogen functional groups attached to an aromatic ring is 1. The summed E-state index contributed by atoms with van der Waals surface area (Å²) in [6.07, 6.45) is 5.44. The highest BCUT2D eigenvalue weighted by Gasteiger charge is 2.15. The van der Waals surface area contributed by atoms with E-state index < -0.39 is 0 Å². The van der Waals surface area contributed by atoms with Crippen LogP contribution in [0.4, 0.5) is 11.4 Å². The molecule has 1 aliphatic carbocycles. The summed E-state index contributed by atoms with van der Waals surface area (Å²) in [4.78, 5) is 0. The zero-order valence-corrected chi connectivity index (χ0v) is 10.5. The predicted molar refractivity (Wildman–Crippen MR) is 72.5 cm³/mol. The maximum Gasteiger partial charge on any atom is 0.144 e. The van der Waals surface area contributed by atoms with E-state index in [0.717, 1.165) is 29.6 Å². The second-order valence-electron chi connectivity index (χ2n) is 4.68. The lowest BCUT2D eigenvalue weighted by molar-refractivity contribution is 0.342. The number of anilines is 2. The van der Waals surface area contributed by atoms with E-state index in [0.29, 0.717) is 6.61 Å². The van der Waals surface area contributed by atoms with E-state index in [4.69, 9.17) is 10.5 Å². The standard InChI is InChI=1S/C14H22N2O/c1-2-17-13-9-5-8-12(14(13)15)16-10-11-6-3-4-7-11/h5,8-9,11,16H,2-4,6-7,10,15H2,1H3. The van der Waals surface area contributed by atoms with Crippen molar-refractivity contribution in [3.05, 3.63) is 18.2 Å². The monoisotopic (exact) mass is 234 g/mol. The molecule has 0 spiro atoms. The molecule has 0 aromatic heterocycles. The Kier molecular flexibility index (Phi) is 4.13.